The van der Waals surface area contributed by atoms with E-state index >= 15 is 0 Å². The molecule has 4 nitrogen and oxygen atoms in total. The number of nitrogens with one attached hydrogen (secondary N) is 2. The number of aromatic hydroxyl groups is 1. The summed E-state index contributed by atoms with van der Waals surface area (Å²) >= 11 is 11.9. The standard InChI is InChI=1S/C10H10Cl2N2O2/c11-5-1-2-7(15)8(9(5)12)6-3-4-13-10(16)14-6/h1-2,6,15H,3-4H2,(H2,13,14,16). The fourth-order valence-electron chi connectivity index (χ4n) is 1.72. The van der Waals surface area contributed by atoms with Crippen LogP contribution in [-0.4, -0.2) is 17.7 Å². The van der Waals surface area contributed by atoms with Crippen molar-refractivity contribution in [1.29, 1.82) is 0 Å². The third kappa shape index (κ3) is 2.03. The average Bonchev–Trinajstić information content (AvgIpc) is 2.24. The third-order valence-electron chi connectivity index (χ3n) is 2.48. The molecule has 0 aliphatic carbocycles. The van der Waals surface area contributed by atoms with Crippen LogP contribution in [-0.2, 0) is 0 Å². The van der Waals surface area contributed by atoms with Gasteiger partial charge in [-0.2, -0.15) is 0 Å². The van der Waals surface area contributed by atoms with Crippen LogP contribution in [0.3, 0.4) is 0 Å². The van der Waals surface area contributed by atoms with Crippen LogP contribution in [0.2, 0.25) is 10.0 Å². The fraction of sp³-hybridized carbons (Fsp3) is 0.300. The van der Waals surface area contributed by atoms with E-state index in [-0.39, 0.29) is 22.8 Å². The second-order valence-corrected chi connectivity index (χ2v) is 4.32. The SMILES string of the molecule is O=C1NCCC(c2c(O)ccc(Cl)c2Cl)N1. The summed E-state index contributed by atoms with van der Waals surface area (Å²) in [6, 6.07) is 2.41. The molecule has 2 rings (SSSR count). The zero-order valence-electron chi connectivity index (χ0n) is 8.26. The average molecular weight is 261 g/mol. The Kier molecular flexibility index (Phi) is 3.12. The van der Waals surface area contributed by atoms with Crippen LogP contribution >= 0.6 is 23.2 Å². The number of carbonyl (C=O) groups excluding carboxylic acids is 1. The van der Waals surface area contributed by atoms with E-state index in [1.165, 1.54) is 12.1 Å². The predicted octanol–water partition coefficient (Wildman–Crippen LogP) is 2.44. The van der Waals surface area contributed by atoms with Crippen LogP contribution in [0.5, 0.6) is 5.75 Å². The lowest BCUT2D eigenvalue weighted by Gasteiger charge is -2.26. The first-order chi connectivity index (χ1) is 7.59. The number of rotatable bonds is 1. The van der Waals surface area contributed by atoms with Crippen LogP contribution in [0.15, 0.2) is 12.1 Å². The summed E-state index contributed by atoms with van der Waals surface area (Å²) in [5.41, 5.74) is 0.476. The molecule has 0 radical (unpaired) electrons. The molecule has 0 aromatic heterocycles. The third-order valence-corrected chi connectivity index (χ3v) is 3.30. The van der Waals surface area contributed by atoms with Crippen molar-refractivity contribution in [2.45, 2.75) is 12.5 Å². The quantitative estimate of drug-likeness (QED) is 0.727. The Bertz CT molecular complexity index is 437. The van der Waals surface area contributed by atoms with Crippen molar-refractivity contribution in [3.63, 3.8) is 0 Å². The Hall–Kier alpha value is -1.13. The summed E-state index contributed by atoms with van der Waals surface area (Å²) in [5.74, 6) is 0.0431. The lowest BCUT2D eigenvalue weighted by Crippen LogP contribution is -2.44. The molecule has 3 N–H and O–H groups in total. The van der Waals surface area contributed by atoms with Crippen LogP contribution < -0.4 is 10.6 Å². The van der Waals surface area contributed by atoms with Crippen molar-refractivity contribution < 1.29 is 9.90 Å². The maximum absolute atomic E-state index is 11.2. The maximum Gasteiger partial charge on any atom is 0.315 e. The Balaban J connectivity index is 2.39. The predicted molar refractivity (Wildman–Crippen MR) is 62.0 cm³/mol. The number of urea groups is 1. The number of phenolic OH excluding ortho intramolecular Hbond substituents is 1. The van der Waals surface area contributed by atoms with Gasteiger partial charge in [-0.05, 0) is 18.6 Å². The lowest BCUT2D eigenvalue weighted by molar-refractivity contribution is 0.229. The highest BCUT2D eigenvalue weighted by molar-refractivity contribution is 6.42. The summed E-state index contributed by atoms with van der Waals surface area (Å²) in [6.07, 6.45) is 0.652. The minimum atomic E-state index is -0.306. The van der Waals surface area contributed by atoms with Crippen molar-refractivity contribution in [1.82, 2.24) is 10.6 Å². The van der Waals surface area contributed by atoms with Crippen LogP contribution in [0.1, 0.15) is 18.0 Å². The van der Waals surface area contributed by atoms with Crippen molar-refractivity contribution in [2.24, 2.45) is 0 Å². The number of phenols is 1. The van der Waals surface area contributed by atoms with Crippen LogP contribution in [0.25, 0.3) is 0 Å². The van der Waals surface area contributed by atoms with Crippen molar-refractivity contribution in [3.05, 3.63) is 27.7 Å². The Labute approximate surface area is 103 Å². The van der Waals surface area contributed by atoms with E-state index in [1.807, 2.05) is 0 Å². The van der Waals surface area contributed by atoms with E-state index < -0.39 is 0 Å². The van der Waals surface area contributed by atoms with Gasteiger partial charge in [0.15, 0.2) is 0 Å². The van der Waals surface area contributed by atoms with Gasteiger partial charge in [0.25, 0.3) is 0 Å². The normalized spacial score (nSPS) is 20.1. The second kappa shape index (κ2) is 4.39. The number of hydrogen-bond donors (Lipinski definition) is 3. The van der Waals surface area contributed by atoms with E-state index in [2.05, 4.69) is 10.6 Å². The molecular weight excluding hydrogens is 251 g/mol. The maximum atomic E-state index is 11.2. The van der Waals surface area contributed by atoms with Gasteiger partial charge < -0.3 is 15.7 Å². The highest BCUT2D eigenvalue weighted by Crippen LogP contribution is 2.38. The molecule has 1 atom stereocenters. The van der Waals surface area contributed by atoms with E-state index in [0.717, 1.165) is 0 Å². The molecule has 1 aromatic rings. The van der Waals surface area contributed by atoms with Gasteiger partial charge in [0.1, 0.15) is 5.75 Å². The molecule has 86 valence electrons. The smallest absolute Gasteiger partial charge is 0.315 e. The molecule has 0 saturated carbocycles. The second-order valence-electron chi connectivity index (χ2n) is 3.54. The topological polar surface area (TPSA) is 61.4 Å². The minimum Gasteiger partial charge on any atom is -0.508 e. The van der Waals surface area contributed by atoms with Crippen LogP contribution in [0.4, 0.5) is 4.79 Å². The summed E-state index contributed by atoms with van der Waals surface area (Å²) < 4.78 is 0. The fourth-order valence-corrected chi connectivity index (χ4v) is 2.17. The van der Waals surface area contributed by atoms with Gasteiger partial charge in [-0.25, -0.2) is 4.79 Å². The molecule has 1 aromatic carbocycles. The molecule has 0 spiro atoms. The number of benzene rings is 1. The van der Waals surface area contributed by atoms with E-state index in [1.54, 1.807) is 0 Å². The van der Waals surface area contributed by atoms with Crippen molar-refractivity contribution >= 4 is 29.2 Å². The molecule has 1 unspecified atom stereocenters. The Morgan fingerprint density at radius 1 is 1.38 bits per heavy atom. The summed E-state index contributed by atoms with van der Waals surface area (Å²) in [6.45, 7) is 0.540. The van der Waals surface area contributed by atoms with Crippen molar-refractivity contribution in [3.8, 4) is 5.75 Å². The molecular formula is C10H10Cl2N2O2. The van der Waals surface area contributed by atoms with Crippen LogP contribution in [0, 0.1) is 0 Å². The minimum absolute atomic E-state index is 0.0431. The summed E-state index contributed by atoms with van der Waals surface area (Å²) in [7, 11) is 0. The van der Waals surface area contributed by atoms with E-state index in [4.69, 9.17) is 23.2 Å². The van der Waals surface area contributed by atoms with Gasteiger partial charge in [-0.3, -0.25) is 0 Å². The largest absolute Gasteiger partial charge is 0.508 e. The monoisotopic (exact) mass is 260 g/mol. The molecule has 1 heterocycles. The first-order valence-electron chi connectivity index (χ1n) is 4.81. The molecule has 2 amide bonds. The lowest BCUT2D eigenvalue weighted by atomic mass is 10.0. The number of halogens is 2. The molecule has 1 aliphatic heterocycles. The van der Waals surface area contributed by atoms with Gasteiger partial charge in [-0.1, -0.05) is 23.2 Å². The molecule has 1 saturated heterocycles. The van der Waals surface area contributed by atoms with Gasteiger partial charge in [-0.15, -0.1) is 0 Å². The molecule has 0 bridgehead atoms. The van der Waals surface area contributed by atoms with E-state index in [9.17, 15) is 9.90 Å². The Morgan fingerprint density at radius 2 is 2.12 bits per heavy atom. The molecule has 1 fully saturated rings. The van der Waals surface area contributed by atoms with Gasteiger partial charge >= 0.3 is 6.03 Å². The zero-order valence-corrected chi connectivity index (χ0v) is 9.77. The number of hydrogen-bond acceptors (Lipinski definition) is 2. The zero-order chi connectivity index (χ0) is 11.7. The first kappa shape index (κ1) is 11.4. The number of carbonyl (C=O) groups is 1. The van der Waals surface area contributed by atoms with Gasteiger partial charge in [0, 0.05) is 12.1 Å². The van der Waals surface area contributed by atoms with Crippen molar-refractivity contribution in [2.75, 3.05) is 6.54 Å². The summed E-state index contributed by atoms with van der Waals surface area (Å²) in [5, 5.41) is 15.7. The highest BCUT2D eigenvalue weighted by atomic mass is 35.5. The summed E-state index contributed by atoms with van der Waals surface area (Å²) in [4.78, 5) is 11.2. The molecule has 6 heteroatoms. The highest BCUT2D eigenvalue weighted by Gasteiger charge is 2.25. The molecule has 16 heavy (non-hydrogen) atoms. The Morgan fingerprint density at radius 3 is 2.81 bits per heavy atom. The van der Waals surface area contributed by atoms with Gasteiger partial charge in [0.2, 0.25) is 0 Å². The van der Waals surface area contributed by atoms with E-state index in [0.29, 0.717) is 23.6 Å². The van der Waals surface area contributed by atoms with Gasteiger partial charge in [0.05, 0.1) is 16.1 Å². The first-order valence-corrected chi connectivity index (χ1v) is 5.56. The number of amides is 2. The molecule has 1 aliphatic rings.